The molecule has 0 aliphatic carbocycles. The number of anilines is 1. The summed E-state index contributed by atoms with van der Waals surface area (Å²) in [7, 11) is -2.99. The minimum absolute atomic E-state index is 0.100. The largest absolute Gasteiger partial charge is 0.378 e. The van der Waals surface area contributed by atoms with Crippen LogP contribution in [0.4, 0.5) is 10.2 Å². The van der Waals surface area contributed by atoms with E-state index in [1.807, 2.05) is 11.8 Å². The molecule has 1 N–H and O–H groups in total. The molecule has 2 atom stereocenters. The molecule has 2 aromatic rings. The summed E-state index contributed by atoms with van der Waals surface area (Å²) in [6, 6.07) is 3.01. The van der Waals surface area contributed by atoms with Gasteiger partial charge in [0.2, 0.25) is 0 Å². The molecular weight excluding hydrogens is 415 g/mol. The minimum atomic E-state index is -2.99. The number of halogens is 1. The highest BCUT2D eigenvalue weighted by atomic mass is 32.2. The van der Waals surface area contributed by atoms with E-state index in [0.717, 1.165) is 27.7 Å². The summed E-state index contributed by atoms with van der Waals surface area (Å²) in [5.74, 6) is 0.893. The summed E-state index contributed by atoms with van der Waals surface area (Å²) in [5.41, 5.74) is 0.840. The van der Waals surface area contributed by atoms with Crippen molar-refractivity contribution >= 4 is 27.0 Å². The van der Waals surface area contributed by atoms with Crippen molar-refractivity contribution in [2.75, 3.05) is 36.0 Å². The molecule has 10 heteroatoms. The molecule has 2 aliphatic heterocycles. The Morgan fingerprint density at radius 2 is 1.97 bits per heavy atom. The third kappa shape index (κ3) is 4.60. The number of hydrogen-bond donors (Lipinski definition) is 1. The summed E-state index contributed by atoms with van der Waals surface area (Å²) in [6.07, 6.45) is 3.61. The van der Waals surface area contributed by atoms with Gasteiger partial charge in [-0.1, -0.05) is 0 Å². The molecule has 2 saturated heterocycles. The number of aliphatic hydroxyl groups excluding tert-OH is 1. The maximum absolute atomic E-state index is 13.7. The van der Waals surface area contributed by atoms with Crippen LogP contribution in [0.1, 0.15) is 29.5 Å². The second-order valence-electron chi connectivity index (χ2n) is 7.76. The number of aliphatic hydroxyl groups is 1. The zero-order chi connectivity index (χ0) is 20.6. The molecule has 0 radical (unpaired) electrons. The van der Waals surface area contributed by atoms with Crippen LogP contribution in [0, 0.1) is 18.0 Å². The van der Waals surface area contributed by atoms with Gasteiger partial charge < -0.3 is 10.0 Å². The first-order valence-electron chi connectivity index (χ1n) is 9.75. The average Bonchev–Trinajstić information content (AvgIpc) is 3.14. The maximum atomic E-state index is 13.7. The van der Waals surface area contributed by atoms with E-state index in [0.29, 0.717) is 32.5 Å². The van der Waals surface area contributed by atoms with E-state index in [9.17, 15) is 17.9 Å². The fourth-order valence-electron chi connectivity index (χ4n) is 4.11. The van der Waals surface area contributed by atoms with Crippen molar-refractivity contribution < 1.29 is 17.9 Å². The predicted octanol–water partition coefficient (Wildman–Crippen LogP) is 1.99. The topological polar surface area (TPSA) is 86.6 Å². The van der Waals surface area contributed by atoms with Crippen molar-refractivity contribution in [2.45, 2.75) is 32.0 Å². The normalized spacial score (nSPS) is 24.5. The van der Waals surface area contributed by atoms with Crippen LogP contribution < -0.4 is 4.90 Å². The van der Waals surface area contributed by atoms with Crippen LogP contribution >= 0.6 is 11.3 Å². The lowest BCUT2D eigenvalue weighted by Gasteiger charge is -2.46. The molecule has 2 aliphatic rings. The molecule has 2 unspecified atom stereocenters. The highest BCUT2D eigenvalue weighted by molar-refractivity contribution is 7.91. The van der Waals surface area contributed by atoms with Crippen molar-refractivity contribution in [1.82, 2.24) is 14.9 Å². The van der Waals surface area contributed by atoms with Gasteiger partial charge in [-0.3, -0.25) is 9.88 Å². The molecular formula is C19H25FN4O3S2. The standard InChI is InChI=1S/C19H25FN4O3S2/c1-13-10-22-18(11-21-13)23-6-7-24(15(12-23)16-2-3-17(20)28-16)19(25)14-4-8-29(26,27)9-5-14/h2-3,10-11,14-15,19,25H,4-9,12H2,1H3. The number of hydrogen-bond acceptors (Lipinski definition) is 8. The molecule has 0 saturated carbocycles. The summed E-state index contributed by atoms with van der Waals surface area (Å²) >= 11 is 1.08. The Morgan fingerprint density at radius 1 is 1.21 bits per heavy atom. The molecule has 0 aromatic carbocycles. The molecule has 0 amide bonds. The van der Waals surface area contributed by atoms with Crippen LogP contribution in [0.25, 0.3) is 0 Å². The zero-order valence-corrected chi connectivity index (χ0v) is 17.9. The van der Waals surface area contributed by atoms with Gasteiger partial charge in [-0.25, -0.2) is 13.4 Å². The Kier molecular flexibility index (Phi) is 5.87. The number of rotatable bonds is 4. The molecule has 4 rings (SSSR count). The first-order chi connectivity index (χ1) is 13.8. The highest BCUT2D eigenvalue weighted by Crippen LogP contribution is 2.36. The van der Waals surface area contributed by atoms with Crippen LogP contribution in [-0.4, -0.2) is 65.8 Å². The van der Waals surface area contributed by atoms with Crippen LogP contribution in [0.2, 0.25) is 0 Å². The minimum Gasteiger partial charge on any atom is -0.378 e. The second-order valence-corrected chi connectivity index (χ2v) is 11.1. The van der Waals surface area contributed by atoms with Crippen molar-refractivity contribution in [1.29, 1.82) is 0 Å². The van der Waals surface area contributed by atoms with Gasteiger partial charge >= 0.3 is 0 Å². The third-order valence-corrected chi connectivity index (χ3v) is 8.49. The molecule has 0 bridgehead atoms. The summed E-state index contributed by atoms with van der Waals surface area (Å²) in [4.78, 5) is 13.7. The lowest BCUT2D eigenvalue weighted by atomic mass is 9.97. The molecule has 29 heavy (non-hydrogen) atoms. The Labute approximate surface area is 174 Å². The summed E-state index contributed by atoms with van der Waals surface area (Å²) in [5, 5.41) is 10.8. The first-order valence-corrected chi connectivity index (χ1v) is 12.4. The average molecular weight is 441 g/mol. The number of thiophene rings is 1. The Hall–Kier alpha value is -1.62. The molecule has 7 nitrogen and oxygen atoms in total. The number of nitrogens with zero attached hydrogens (tertiary/aromatic N) is 4. The van der Waals surface area contributed by atoms with Crippen LogP contribution in [0.3, 0.4) is 0 Å². The quantitative estimate of drug-likeness (QED) is 0.778. The van der Waals surface area contributed by atoms with Crippen molar-refractivity contribution in [3.05, 3.63) is 40.2 Å². The molecule has 2 aromatic heterocycles. The first kappa shape index (κ1) is 20.6. The van der Waals surface area contributed by atoms with E-state index < -0.39 is 16.1 Å². The van der Waals surface area contributed by atoms with E-state index in [-0.39, 0.29) is 28.6 Å². The lowest BCUT2D eigenvalue weighted by Crippen LogP contribution is -2.54. The van der Waals surface area contributed by atoms with Gasteiger partial charge in [-0.2, -0.15) is 4.39 Å². The van der Waals surface area contributed by atoms with Crippen molar-refractivity contribution in [3.63, 3.8) is 0 Å². The number of aryl methyl sites for hydroxylation is 1. The molecule has 4 heterocycles. The molecule has 158 valence electrons. The van der Waals surface area contributed by atoms with Crippen LogP contribution in [0.5, 0.6) is 0 Å². The summed E-state index contributed by atoms with van der Waals surface area (Å²) in [6.45, 7) is 3.67. The van der Waals surface area contributed by atoms with Gasteiger partial charge in [0.1, 0.15) is 21.9 Å². The van der Waals surface area contributed by atoms with E-state index in [4.69, 9.17) is 0 Å². The lowest BCUT2D eigenvalue weighted by molar-refractivity contribution is -0.0706. The number of aromatic nitrogens is 2. The van der Waals surface area contributed by atoms with Gasteiger partial charge in [0, 0.05) is 30.4 Å². The Morgan fingerprint density at radius 3 is 2.59 bits per heavy atom. The van der Waals surface area contributed by atoms with E-state index in [1.165, 1.54) is 6.07 Å². The summed E-state index contributed by atoms with van der Waals surface area (Å²) < 4.78 is 37.3. The van der Waals surface area contributed by atoms with Gasteiger partial charge in [0.05, 0.1) is 35.6 Å². The number of sulfone groups is 1. The predicted molar refractivity (Wildman–Crippen MR) is 110 cm³/mol. The third-order valence-electron chi connectivity index (χ3n) is 5.80. The van der Waals surface area contributed by atoms with Crippen LogP contribution in [0.15, 0.2) is 24.5 Å². The van der Waals surface area contributed by atoms with Gasteiger partial charge in [-0.05, 0) is 31.9 Å². The Balaban J connectivity index is 1.55. The van der Waals surface area contributed by atoms with Crippen molar-refractivity contribution in [2.24, 2.45) is 5.92 Å². The van der Waals surface area contributed by atoms with E-state index in [2.05, 4.69) is 14.9 Å². The van der Waals surface area contributed by atoms with Gasteiger partial charge in [0.15, 0.2) is 5.13 Å². The van der Waals surface area contributed by atoms with Crippen LogP contribution in [-0.2, 0) is 9.84 Å². The van der Waals surface area contributed by atoms with Gasteiger partial charge in [0.25, 0.3) is 0 Å². The maximum Gasteiger partial charge on any atom is 0.176 e. The second kappa shape index (κ2) is 8.25. The smallest absolute Gasteiger partial charge is 0.176 e. The highest BCUT2D eigenvalue weighted by Gasteiger charge is 2.38. The van der Waals surface area contributed by atoms with Gasteiger partial charge in [-0.15, -0.1) is 11.3 Å². The monoisotopic (exact) mass is 440 g/mol. The fraction of sp³-hybridized carbons (Fsp3) is 0.579. The van der Waals surface area contributed by atoms with Crippen molar-refractivity contribution in [3.8, 4) is 0 Å². The number of piperazine rings is 1. The SMILES string of the molecule is Cc1cnc(N2CCN(C(O)C3CCS(=O)(=O)CC3)C(c3ccc(F)s3)C2)cn1. The molecule has 0 spiro atoms. The Bertz CT molecular complexity index is 937. The fourth-order valence-corrected chi connectivity index (χ4v) is 6.48. The van der Waals surface area contributed by atoms with E-state index in [1.54, 1.807) is 18.5 Å². The van der Waals surface area contributed by atoms with E-state index >= 15 is 0 Å². The zero-order valence-electron chi connectivity index (χ0n) is 16.2. The molecule has 2 fully saturated rings.